The molecule has 0 amide bonds. The Morgan fingerprint density at radius 1 is 0.654 bits per heavy atom. The van der Waals surface area contributed by atoms with Crippen molar-refractivity contribution < 1.29 is 38.3 Å². The molecule has 11 heteroatoms. The number of nitrogens with zero attached hydrogens (tertiary/aromatic N) is 2. The Morgan fingerprint density at radius 2 is 1.10 bits per heavy atom. The van der Waals surface area contributed by atoms with E-state index in [9.17, 15) is 28.8 Å². The molecule has 0 saturated heterocycles. The molecular weight excluding hydrogens is 681 g/mol. The standard InChI is InChI=1S/C41H54N2O8S/c1-29-13-15-32(16-14-29)41(4,5)33-17-19-38(20-18-33)51-28-37(47)26-43(24-31(3)45)35-10-8-12-40(22-35)52(48,49)39-11-7-9-34(21-39)42(23-30(2)44)25-36(46)27-50-6/h7-22,30-31,36-37,44-47H,23-28H2,1-6H3. The lowest BCUT2D eigenvalue weighted by atomic mass is 9.78. The van der Waals surface area contributed by atoms with Crippen LogP contribution in [0.4, 0.5) is 11.4 Å². The zero-order valence-electron chi connectivity index (χ0n) is 31.0. The van der Waals surface area contributed by atoms with Crippen LogP contribution >= 0.6 is 0 Å². The maximum atomic E-state index is 13.9. The van der Waals surface area contributed by atoms with Crippen molar-refractivity contribution in [1.29, 1.82) is 0 Å². The van der Waals surface area contributed by atoms with E-state index in [4.69, 9.17) is 9.47 Å². The number of aliphatic hydroxyl groups excluding tert-OH is 4. The van der Waals surface area contributed by atoms with Gasteiger partial charge in [-0.25, -0.2) is 8.42 Å². The van der Waals surface area contributed by atoms with Crippen LogP contribution in [-0.2, 0) is 20.0 Å². The molecule has 0 aliphatic carbocycles. The molecule has 0 bridgehead atoms. The van der Waals surface area contributed by atoms with Gasteiger partial charge in [-0.2, -0.15) is 0 Å². The first-order valence-corrected chi connectivity index (χ1v) is 19.0. The first-order valence-electron chi connectivity index (χ1n) is 17.6. The Bertz CT molecular complexity index is 1810. The summed E-state index contributed by atoms with van der Waals surface area (Å²) in [5.41, 5.74) is 4.38. The highest BCUT2D eigenvalue weighted by atomic mass is 32.2. The van der Waals surface area contributed by atoms with Crippen molar-refractivity contribution in [1.82, 2.24) is 0 Å². The van der Waals surface area contributed by atoms with Gasteiger partial charge >= 0.3 is 0 Å². The minimum absolute atomic E-state index is 0.0101. The molecule has 0 aromatic heterocycles. The predicted molar refractivity (Wildman–Crippen MR) is 205 cm³/mol. The van der Waals surface area contributed by atoms with Gasteiger partial charge in [0.1, 0.15) is 18.5 Å². The highest BCUT2D eigenvalue weighted by Gasteiger charge is 2.25. The molecule has 10 nitrogen and oxygen atoms in total. The molecule has 0 aliphatic heterocycles. The minimum Gasteiger partial charge on any atom is -0.491 e. The fraction of sp³-hybridized carbons (Fsp3) is 0.415. The number of anilines is 2. The fourth-order valence-electron chi connectivity index (χ4n) is 6.14. The lowest BCUT2D eigenvalue weighted by Gasteiger charge is -2.29. The van der Waals surface area contributed by atoms with E-state index in [1.807, 2.05) is 24.3 Å². The molecule has 4 atom stereocenters. The lowest BCUT2D eigenvalue weighted by molar-refractivity contribution is 0.0673. The second kappa shape index (κ2) is 18.2. The summed E-state index contributed by atoms with van der Waals surface area (Å²) in [6, 6.07) is 29.1. The van der Waals surface area contributed by atoms with Gasteiger partial charge in [0.15, 0.2) is 0 Å². The minimum atomic E-state index is -4.01. The number of sulfone groups is 1. The fourth-order valence-corrected chi connectivity index (χ4v) is 7.48. The van der Waals surface area contributed by atoms with Crippen LogP contribution in [0.1, 0.15) is 44.4 Å². The van der Waals surface area contributed by atoms with Crippen LogP contribution in [0.15, 0.2) is 107 Å². The molecule has 0 spiro atoms. The first kappa shape index (κ1) is 40.8. The van der Waals surface area contributed by atoms with Crippen molar-refractivity contribution in [2.75, 3.05) is 56.3 Å². The zero-order valence-corrected chi connectivity index (χ0v) is 31.8. The van der Waals surface area contributed by atoms with Gasteiger partial charge in [-0.1, -0.05) is 67.9 Å². The van der Waals surface area contributed by atoms with Crippen molar-refractivity contribution in [3.8, 4) is 5.75 Å². The van der Waals surface area contributed by atoms with Gasteiger partial charge in [-0.15, -0.1) is 0 Å². The average molecular weight is 735 g/mol. The van der Waals surface area contributed by atoms with Gasteiger partial charge in [0.25, 0.3) is 0 Å². The summed E-state index contributed by atoms with van der Waals surface area (Å²) in [5.74, 6) is 0.611. The Labute approximate surface area is 308 Å². The summed E-state index contributed by atoms with van der Waals surface area (Å²) in [6.07, 6.45) is -3.28. The van der Waals surface area contributed by atoms with Crippen molar-refractivity contribution in [2.24, 2.45) is 0 Å². The van der Waals surface area contributed by atoms with Gasteiger partial charge in [0.2, 0.25) is 9.84 Å². The third-order valence-corrected chi connectivity index (χ3v) is 10.7. The van der Waals surface area contributed by atoms with Crippen molar-refractivity contribution in [2.45, 2.75) is 74.2 Å². The topological polar surface area (TPSA) is 140 Å². The quantitative estimate of drug-likeness (QED) is 0.104. The van der Waals surface area contributed by atoms with E-state index >= 15 is 0 Å². The largest absolute Gasteiger partial charge is 0.491 e. The number of methoxy groups -OCH3 is 1. The maximum absolute atomic E-state index is 13.9. The summed E-state index contributed by atoms with van der Waals surface area (Å²) >= 11 is 0. The molecule has 52 heavy (non-hydrogen) atoms. The first-order chi connectivity index (χ1) is 24.6. The molecule has 4 aromatic rings. The molecule has 0 heterocycles. The van der Waals surface area contributed by atoms with Crippen LogP contribution in [0.5, 0.6) is 5.75 Å². The summed E-state index contributed by atoms with van der Waals surface area (Å²) in [5, 5.41) is 41.8. The highest BCUT2D eigenvalue weighted by molar-refractivity contribution is 7.91. The van der Waals surface area contributed by atoms with E-state index in [2.05, 4.69) is 45.0 Å². The molecule has 0 aliphatic rings. The Balaban J connectivity index is 1.48. The Kier molecular flexibility index (Phi) is 14.3. The molecule has 4 N–H and O–H groups in total. The number of hydrogen-bond donors (Lipinski definition) is 4. The second-order valence-electron chi connectivity index (χ2n) is 14.1. The smallest absolute Gasteiger partial charge is 0.206 e. The highest BCUT2D eigenvalue weighted by Crippen LogP contribution is 2.33. The van der Waals surface area contributed by atoms with E-state index in [0.717, 1.165) is 5.56 Å². The second-order valence-corrected chi connectivity index (χ2v) is 16.0. The molecular formula is C41H54N2O8S. The van der Waals surface area contributed by atoms with Crippen LogP contribution in [-0.4, -0.2) is 99.8 Å². The number of rotatable bonds is 19. The van der Waals surface area contributed by atoms with E-state index in [0.29, 0.717) is 17.1 Å². The molecule has 282 valence electrons. The van der Waals surface area contributed by atoms with Gasteiger partial charge in [0.05, 0.1) is 34.7 Å². The zero-order chi connectivity index (χ0) is 38.1. The van der Waals surface area contributed by atoms with E-state index < -0.39 is 34.3 Å². The van der Waals surface area contributed by atoms with Crippen LogP contribution in [0.3, 0.4) is 0 Å². The molecule has 0 saturated carbocycles. The lowest BCUT2D eigenvalue weighted by Crippen LogP contribution is -2.39. The Morgan fingerprint density at radius 3 is 1.54 bits per heavy atom. The van der Waals surface area contributed by atoms with Crippen molar-refractivity contribution in [3.05, 3.63) is 114 Å². The molecule has 4 aromatic carbocycles. The van der Waals surface area contributed by atoms with Crippen LogP contribution in [0, 0.1) is 6.92 Å². The summed E-state index contributed by atoms with van der Waals surface area (Å²) < 4.78 is 38.9. The van der Waals surface area contributed by atoms with Gasteiger partial charge in [0, 0.05) is 50.1 Å². The van der Waals surface area contributed by atoms with Crippen molar-refractivity contribution >= 4 is 21.2 Å². The maximum Gasteiger partial charge on any atom is 0.206 e. The predicted octanol–water partition coefficient (Wildman–Crippen LogP) is 4.98. The third-order valence-electron chi connectivity index (χ3n) is 8.97. The summed E-state index contributed by atoms with van der Waals surface area (Å²) in [6.45, 7) is 10.3. The summed E-state index contributed by atoms with van der Waals surface area (Å²) in [4.78, 5) is 3.54. The molecule has 4 unspecified atom stereocenters. The number of aliphatic hydroxyl groups is 4. The monoisotopic (exact) mass is 734 g/mol. The average Bonchev–Trinajstić information content (AvgIpc) is 3.10. The van der Waals surface area contributed by atoms with Crippen LogP contribution < -0.4 is 14.5 Å². The molecule has 0 radical (unpaired) electrons. The SMILES string of the molecule is COCC(O)CN(CC(C)O)c1cccc(S(=O)(=O)c2cccc(N(CC(C)O)CC(O)COc3ccc(C(C)(C)c4ccc(C)cc4)cc3)c2)c1. The number of ether oxygens (including phenoxy) is 2. The third kappa shape index (κ3) is 11.0. The molecule has 0 fully saturated rings. The molecule has 4 rings (SSSR count). The van der Waals surface area contributed by atoms with E-state index in [1.165, 1.54) is 42.5 Å². The van der Waals surface area contributed by atoms with Crippen LogP contribution in [0.25, 0.3) is 0 Å². The van der Waals surface area contributed by atoms with Crippen LogP contribution in [0.2, 0.25) is 0 Å². The van der Waals surface area contributed by atoms with Gasteiger partial charge in [-0.3, -0.25) is 0 Å². The van der Waals surface area contributed by atoms with Gasteiger partial charge < -0.3 is 39.7 Å². The van der Waals surface area contributed by atoms with E-state index in [1.54, 1.807) is 47.9 Å². The Hall–Kier alpha value is -3.97. The number of aryl methyl sites for hydroxylation is 1. The number of hydrogen-bond acceptors (Lipinski definition) is 10. The summed E-state index contributed by atoms with van der Waals surface area (Å²) in [7, 11) is -2.53. The number of benzene rings is 4. The van der Waals surface area contributed by atoms with E-state index in [-0.39, 0.29) is 54.6 Å². The van der Waals surface area contributed by atoms with Gasteiger partial charge in [-0.05, 0) is 80.4 Å². The normalized spacial score (nSPS) is 14.3. The van der Waals surface area contributed by atoms with Crippen molar-refractivity contribution in [3.63, 3.8) is 0 Å².